The smallest absolute Gasteiger partial charge is 0.189 e. The molecule has 3 rings (SSSR count). The minimum Gasteiger partial charge on any atom is -0.394 e. The van der Waals surface area contributed by atoms with Crippen molar-refractivity contribution in [1.29, 1.82) is 0 Å². The third kappa shape index (κ3) is 21.9. The van der Waals surface area contributed by atoms with Crippen LogP contribution in [-0.4, -0.2) is 190 Å². The van der Waals surface area contributed by atoms with Gasteiger partial charge in [0, 0.05) is 220 Å². The zero-order valence-electron chi connectivity index (χ0n) is 25.7. The van der Waals surface area contributed by atoms with Crippen LogP contribution >= 0.6 is 0 Å². The van der Waals surface area contributed by atoms with Crippen molar-refractivity contribution in [3.8, 4) is 0 Å². The molecule has 46 heavy (non-hydrogen) atoms. The zero-order chi connectivity index (χ0) is 32.2. The molecule has 0 aromatic carbocycles. The molecule has 6 unspecified atom stereocenters. The van der Waals surface area contributed by atoms with Crippen molar-refractivity contribution in [1.82, 2.24) is 0 Å². The van der Waals surface area contributed by atoms with Gasteiger partial charge in [0.05, 0.1) is 32.0 Å². The number of hydrogen-bond donors (Lipinski definition) is 13. The first-order chi connectivity index (χ1) is 19.0. The predicted molar refractivity (Wildman–Crippen MR) is 132 cm³/mol. The van der Waals surface area contributed by atoms with Gasteiger partial charge in [-0.25, -0.2) is 0 Å². The predicted octanol–water partition coefficient (Wildman–Crippen LogP) is -7.75. The van der Waals surface area contributed by atoms with Crippen LogP contribution in [0.1, 0.15) is 20.8 Å². The van der Waals surface area contributed by atoms with Crippen molar-refractivity contribution in [3.05, 3.63) is 0 Å². The first kappa shape index (κ1) is 63.8. The van der Waals surface area contributed by atoms with Crippen molar-refractivity contribution in [2.75, 3.05) is 26.4 Å². The van der Waals surface area contributed by atoms with E-state index in [4.69, 9.17) is 75.9 Å². The number of aliphatic hydroxyl groups is 13. The summed E-state index contributed by atoms with van der Waals surface area (Å²) in [6.07, 6.45) is -13.9. The first-order valence-electron chi connectivity index (χ1n) is 12.6. The number of carbonyl (C=O) groups excluding carboxylic acids is 2. The fourth-order valence-corrected chi connectivity index (χ4v) is 3.54. The van der Waals surface area contributed by atoms with Gasteiger partial charge < -0.3 is 80.6 Å². The van der Waals surface area contributed by atoms with Crippen LogP contribution < -0.4 is 0 Å². The van der Waals surface area contributed by atoms with Crippen LogP contribution in [0.2, 0.25) is 0 Å². The van der Waals surface area contributed by atoms with Gasteiger partial charge in [-0.3, -0.25) is 9.59 Å². The van der Waals surface area contributed by atoms with Gasteiger partial charge in [0.2, 0.25) is 0 Å². The largest absolute Gasteiger partial charge is 0.394 e. The number of ether oxygens (including phenoxy) is 3. The second-order valence-electron chi connectivity index (χ2n) is 9.44. The summed E-state index contributed by atoms with van der Waals surface area (Å²) >= 11 is 0. The fraction of sp³-hybridized carbons (Fsp3) is 0.913. The quantitative estimate of drug-likeness (QED) is 0.113. The Balaban J connectivity index is -0.000000112. The van der Waals surface area contributed by atoms with E-state index in [9.17, 15) is 9.59 Å². The summed E-state index contributed by atoms with van der Waals surface area (Å²) in [5.41, 5.74) is 0. The molecule has 259 valence electrons. The molecule has 3 saturated heterocycles. The summed E-state index contributed by atoms with van der Waals surface area (Å²) in [7, 11) is 0. The molecule has 0 spiro atoms. The third-order valence-electron chi connectivity index (χ3n) is 6.28. The van der Waals surface area contributed by atoms with Gasteiger partial charge in [-0.1, -0.05) is 0 Å². The number of carbonyl (C=O) groups is 2. The maximum Gasteiger partial charge on any atom is 0.189 e. The van der Waals surface area contributed by atoms with Gasteiger partial charge in [0.1, 0.15) is 73.8 Å². The molecule has 3 aliphatic heterocycles. The van der Waals surface area contributed by atoms with Crippen molar-refractivity contribution >= 4 is 11.6 Å². The second-order valence-corrected chi connectivity index (χ2v) is 9.44. The van der Waals surface area contributed by atoms with Gasteiger partial charge in [0.25, 0.3) is 0 Å². The minimum absolute atomic E-state index is 0. The van der Waals surface area contributed by atoms with Crippen LogP contribution in [0.15, 0.2) is 0 Å². The molecule has 0 saturated carbocycles. The number of hydrogen-bond acceptors (Lipinski definition) is 18. The molecule has 5 radical (unpaired) electrons. The van der Waals surface area contributed by atoms with Crippen LogP contribution in [0.25, 0.3) is 0 Å². The van der Waals surface area contributed by atoms with Crippen LogP contribution in [-0.2, 0) is 23.8 Å². The Morgan fingerprint density at radius 2 is 0.848 bits per heavy atom. The molecule has 3 heterocycles. The topological polar surface area (TPSA) is 325 Å². The Kier molecular flexibility index (Phi) is 47.4. The van der Waals surface area contributed by atoms with Crippen molar-refractivity contribution in [3.63, 3.8) is 0 Å². The van der Waals surface area contributed by atoms with Gasteiger partial charge in [-0.2, -0.15) is 0 Å². The van der Waals surface area contributed by atoms with Crippen molar-refractivity contribution in [2.24, 2.45) is 0 Å². The Bertz CT molecular complexity index is 712. The third-order valence-corrected chi connectivity index (χ3v) is 6.28. The van der Waals surface area contributed by atoms with Crippen LogP contribution in [0.5, 0.6) is 0 Å². The molecule has 0 aliphatic carbocycles. The number of aliphatic hydroxyl groups excluding tert-OH is 13. The van der Waals surface area contributed by atoms with E-state index >= 15 is 0 Å². The summed E-state index contributed by atoms with van der Waals surface area (Å²) in [6, 6.07) is 0. The minimum atomic E-state index is -1.81. The molecule has 13 N–H and O–H groups in total. The molecule has 3 aliphatic rings. The van der Waals surface area contributed by atoms with Crippen LogP contribution in [0, 0.1) is 220 Å². The summed E-state index contributed by atoms with van der Waals surface area (Å²) in [6.45, 7) is 2.57. The van der Waals surface area contributed by atoms with E-state index < -0.39 is 98.2 Å². The fourth-order valence-electron chi connectivity index (χ4n) is 3.54. The normalized spacial score (nSPS) is 35.0. The maximum atomic E-state index is 10.4. The second kappa shape index (κ2) is 34.2. The summed E-state index contributed by atoms with van der Waals surface area (Å²) in [4.78, 5) is 20.8. The Hall–Kier alpha value is 5.91. The summed E-state index contributed by atoms with van der Waals surface area (Å²) in [5.74, 6) is -1.67. The van der Waals surface area contributed by atoms with Crippen LogP contribution in [0.4, 0.5) is 0 Å². The number of Topliss-reactive ketones (excluding diaryl/α,β-unsaturated/α-hetero) is 2. The van der Waals surface area contributed by atoms with E-state index in [2.05, 4.69) is 4.74 Å². The van der Waals surface area contributed by atoms with E-state index in [0.29, 0.717) is 0 Å². The first-order valence-corrected chi connectivity index (χ1v) is 12.6. The van der Waals surface area contributed by atoms with Gasteiger partial charge >= 0.3 is 0 Å². The molecule has 0 bridgehead atoms. The zero-order valence-corrected chi connectivity index (χ0v) is 49.4. The van der Waals surface area contributed by atoms with E-state index in [1.807, 2.05) is 0 Å². The molecular weight excluding hydrogens is 1700 g/mol. The molecule has 18 nitrogen and oxygen atoms in total. The molecule has 0 amide bonds. The average Bonchev–Trinajstić information content (AvgIpc) is 3.48. The summed E-state index contributed by atoms with van der Waals surface area (Å²) in [5, 5.41) is 114. The molecule has 23 heteroatoms. The Morgan fingerprint density at radius 3 is 1.00 bits per heavy atom. The van der Waals surface area contributed by atoms with Crippen LogP contribution in [0.3, 0.4) is 0 Å². The monoisotopic (exact) mass is 1740 g/mol. The molecule has 0 aromatic heterocycles. The standard InChI is InChI=1S/C6H10O5.2C6H12O4.C5H10O5.5Ac/c1-3(8)5(10)6(11)4(9)2-7;2*1-3-5(8)6(9)4(2-7)10-3;6-1-2-3(7)4(8)5(9)10-2;;;;;/h5-7,10-11H,2H2,1H3;2*3-9H,2H2,1H3;2-9H,1H2;;;;;/t5-,6+;2*3?,4?,5-,6+;2?,3-,4-,5?;;;;;/m0001...../s1. The Morgan fingerprint density at radius 1 is 0.543 bits per heavy atom. The molecule has 14 atom stereocenters. The van der Waals surface area contributed by atoms with E-state index in [0.717, 1.165) is 6.92 Å². The van der Waals surface area contributed by atoms with E-state index in [-0.39, 0.29) is 246 Å². The van der Waals surface area contributed by atoms with E-state index in [1.54, 1.807) is 13.8 Å². The molecular formula is C23H44Ac5O18. The molecule has 0 aromatic rings. The Labute approximate surface area is 445 Å². The average molecular weight is 1740 g/mol. The molecule has 3 fully saturated rings. The van der Waals surface area contributed by atoms with Gasteiger partial charge in [0.15, 0.2) is 17.9 Å². The maximum absolute atomic E-state index is 10.4. The van der Waals surface area contributed by atoms with Gasteiger partial charge in [-0.05, 0) is 20.8 Å². The number of rotatable bonds is 7. The van der Waals surface area contributed by atoms with Crippen molar-refractivity contribution in [2.45, 2.75) is 106 Å². The van der Waals surface area contributed by atoms with Crippen molar-refractivity contribution < 1.29 is 310 Å². The summed E-state index contributed by atoms with van der Waals surface area (Å²) < 4.78 is 14.5. The van der Waals surface area contributed by atoms with Gasteiger partial charge in [-0.15, -0.1) is 0 Å². The van der Waals surface area contributed by atoms with E-state index in [1.165, 1.54) is 0 Å². The SMILES string of the molecule is CC(=O)[C@H](O)[C@H](O)C(=O)CO.CC1OC(CO)[C@@H](O)[C@H]1O.CC1OC(CO)[C@@H](O)[C@H]1O.OCC1OC(O)[C@H](O)[C@@H]1O.[Ac].[Ac].[Ac].[Ac].[Ac]. The number of ketones is 2.